The predicted octanol–water partition coefficient (Wildman–Crippen LogP) is 1.84. The minimum atomic E-state index is -5.08. The third-order valence-electron chi connectivity index (χ3n) is 18.4. The van der Waals surface area contributed by atoms with E-state index in [2.05, 4.69) is 36.2 Å². The molecule has 0 saturated carbocycles. The Labute approximate surface area is 702 Å². The van der Waals surface area contributed by atoms with Gasteiger partial charge >= 0.3 is 87.8 Å². The van der Waals surface area contributed by atoms with E-state index in [4.69, 9.17) is 55.2 Å². The van der Waals surface area contributed by atoms with Crippen molar-refractivity contribution in [3.8, 4) is 11.5 Å². The van der Waals surface area contributed by atoms with Crippen molar-refractivity contribution in [2.45, 2.75) is 117 Å². The molecule has 0 aliphatic carbocycles. The molecule has 119 heavy (non-hydrogen) atoms. The van der Waals surface area contributed by atoms with Crippen LogP contribution < -0.4 is 66.6 Å². The summed E-state index contributed by atoms with van der Waals surface area (Å²) in [5, 5.41) is 69.8. The van der Waals surface area contributed by atoms with Crippen LogP contribution in [0.15, 0.2) is 105 Å². The molecule has 1 saturated heterocycles. The number of carboxylic acids is 3. The van der Waals surface area contributed by atoms with Gasteiger partial charge in [0.2, 0.25) is 5.91 Å². The van der Waals surface area contributed by atoms with E-state index < -0.39 is 93.2 Å². The number of Topliss-reactive ketones (excluding diaryl/α,β-unsaturated/α-hetero) is 2. The average Bonchev–Trinajstić information content (AvgIpc) is 1.58. The van der Waals surface area contributed by atoms with Gasteiger partial charge in [0.05, 0.1) is 24.1 Å². The number of hydrogen-bond acceptors (Lipinski definition) is 27. The molecule has 0 spiro atoms. The molecule has 11 heterocycles. The van der Waals surface area contributed by atoms with E-state index in [1.54, 1.807) is 106 Å². The van der Waals surface area contributed by atoms with E-state index in [0.717, 1.165) is 40.4 Å². The number of carbonyl (C=O) groups excluding carboxylic acids is 7. The Hall–Kier alpha value is -11.4. The monoisotopic (exact) mass is 1710 g/mol. The summed E-state index contributed by atoms with van der Waals surface area (Å²) < 4.78 is 109. The normalized spacial score (nSPS) is 16.7. The Kier molecular flexibility index (Phi) is 32.5. The number of quaternary nitrogens is 1. The van der Waals surface area contributed by atoms with Gasteiger partial charge in [-0.25, -0.2) is 29.1 Å². The van der Waals surface area contributed by atoms with E-state index in [9.17, 15) is 71.8 Å². The molecule has 0 bridgehead atoms. The van der Waals surface area contributed by atoms with Gasteiger partial charge in [0.1, 0.15) is 47.5 Å². The second kappa shape index (κ2) is 40.9. The summed E-state index contributed by atoms with van der Waals surface area (Å²) in [4.78, 5) is 140. The number of imide groups is 1. The number of fused-ring (bicyclic) bond motifs is 6. The number of amides is 3. The molecular weight excluding hydrogens is 1640 g/mol. The van der Waals surface area contributed by atoms with E-state index in [1.807, 2.05) is 0 Å². The number of nitrogens with two attached hydrogens (primary N) is 2. The summed E-state index contributed by atoms with van der Waals surface area (Å²) in [5.74, 6) is -9.50. The maximum absolute atomic E-state index is 15.6. The van der Waals surface area contributed by atoms with Crippen molar-refractivity contribution in [1.82, 2.24) is 29.3 Å². The largest absolute Gasteiger partial charge is 1.00 e. The molecule has 1 fully saturated rings. The second-order valence-corrected chi connectivity index (χ2v) is 28.3. The van der Waals surface area contributed by atoms with Crippen LogP contribution in [-0.2, 0) is 70.6 Å². The van der Waals surface area contributed by atoms with E-state index in [-0.39, 0.29) is 189 Å². The fraction of sp³-hybridized carbons (Fsp3) is 0.314. The molecule has 7 aliphatic rings. The van der Waals surface area contributed by atoms with Gasteiger partial charge in [-0.1, -0.05) is 42.0 Å². The van der Waals surface area contributed by atoms with Gasteiger partial charge in [-0.05, 0) is 98.4 Å². The number of aromatic nitrogens is 4. The first-order chi connectivity index (χ1) is 55.3. The first kappa shape index (κ1) is 94.8. The summed E-state index contributed by atoms with van der Waals surface area (Å²) in [6.07, 6.45) is 4.67. The van der Waals surface area contributed by atoms with Crippen LogP contribution in [0.3, 0.4) is 0 Å². The maximum atomic E-state index is 15.6. The zero-order valence-electron chi connectivity index (χ0n) is 63.2. The topological polar surface area (TPSA) is 512 Å². The van der Waals surface area contributed by atoms with Crippen molar-refractivity contribution in [3.05, 3.63) is 163 Å². The van der Waals surface area contributed by atoms with Gasteiger partial charge in [-0.3, -0.25) is 28.8 Å². The number of nitrogens with zero attached hydrogens (tertiary/aromatic N) is 9. The molecule has 0 unspecified atom stereocenters. The number of carboxylic acid groups (broad SMARTS) is 3. The Morgan fingerprint density at radius 3 is 1.50 bits per heavy atom. The van der Waals surface area contributed by atoms with Crippen molar-refractivity contribution in [3.63, 3.8) is 0 Å². The minimum absolute atomic E-state index is 0. The molecule has 2 aromatic carbocycles. The van der Waals surface area contributed by atoms with Crippen LogP contribution in [0, 0.1) is 27.7 Å². The number of carbonyl (C=O) groups is 10. The average molecular weight is 1710 g/mol. The van der Waals surface area contributed by atoms with Gasteiger partial charge in [0, 0.05) is 115 Å². The van der Waals surface area contributed by atoms with Crippen LogP contribution in [0.25, 0.3) is 12.2 Å². The smallest absolute Gasteiger partial charge is 0.662 e. The predicted molar refractivity (Wildman–Crippen MR) is 409 cm³/mol. The third-order valence-corrected chi connectivity index (χ3v) is 19.8. The molecule has 2 atom stereocenters. The van der Waals surface area contributed by atoms with Crippen LogP contribution in [0.2, 0.25) is 11.6 Å². The Bertz CT molecular complexity index is 5190. The van der Waals surface area contributed by atoms with Gasteiger partial charge in [-0.15, -0.1) is 27.7 Å². The molecule has 3 amide bonds. The fourth-order valence-electron chi connectivity index (χ4n) is 13.3. The quantitative estimate of drug-likeness (QED) is 0.00577. The Balaban J connectivity index is 0.000000240. The van der Waals surface area contributed by atoms with Crippen molar-refractivity contribution >= 4 is 156 Å². The zero-order valence-corrected chi connectivity index (χ0v) is 66.8. The van der Waals surface area contributed by atoms with E-state index in [1.165, 1.54) is 28.8 Å². The molecule has 13 rings (SSSR count). The molecule has 6 aromatic rings. The number of nitrogen functional groups attached to an aromatic ring is 2. The number of thiazole rings is 2. The number of hydroxylamine groups is 2. The van der Waals surface area contributed by atoms with E-state index >= 15 is 17.3 Å². The van der Waals surface area contributed by atoms with Crippen LogP contribution in [0.1, 0.15) is 136 Å². The van der Waals surface area contributed by atoms with E-state index in [0.29, 0.717) is 68.3 Å². The molecule has 35 nitrogen and oxygen atoms in total. The summed E-state index contributed by atoms with van der Waals surface area (Å²) in [5.41, 5.74) is 21.2. The number of rotatable bonds is 25. The number of nitrogens with one attached hydrogen (secondary N) is 1. The first-order valence-electron chi connectivity index (χ1n) is 35.3. The van der Waals surface area contributed by atoms with Crippen molar-refractivity contribution in [1.29, 1.82) is 0 Å². The standard InChI is InChI=1S/C31H32B2F2N6O7S.C18H18BF2N3O4.C17H19BN4O6S.C2HF3O2.CH2O3.CH4.Na/c1-17-12-18(2)40-25(17)15-22-7-6-21(41(22)33(40,34)35)8-9-27(43)37-10-11-47-39-28(24-16-49-31(36)38-24)26(42)14-20-13-19-4-3-5-23(30(44)45)29(19)48-32(20)46;1-11-9-12(2)22-15(11)10-14-4-3-13(23(14)19(22,20)21)5-8-18(27)28-24-16(25)6-7-17(24)26;19-4-5-27-22-14(12-8-29-17(20)21-12)13(23)7-10-6-9-2-1-3-11(16(24)25)15(9)28-18(10)26;3-2(4,5)1(6)7;2-1-4-3;;/h3-7,12,15-16,20,46H,8-11,13-14H2,1-2H3,(H2,36,38)(H,37,43)(H,44,45);3-4,9-10H,5-8H2,1-2H3;1-3,8,10,26H,4-7,19H2,(H2,20,21)(H,24,25);(H,6,7);1,3H;1H4;/q;;;;;;+1/b;;22-14-;;;;/t20-;;10-;;;;/m1.1..../s1. The van der Waals surface area contributed by atoms with Crippen LogP contribution in [0.5, 0.6) is 11.5 Å². The number of ketones is 2. The number of anilines is 2. The van der Waals surface area contributed by atoms with Crippen molar-refractivity contribution in [2.24, 2.45) is 10.3 Å². The third kappa shape index (κ3) is 22.5. The Morgan fingerprint density at radius 2 is 1.13 bits per heavy atom. The summed E-state index contributed by atoms with van der Waals surface area (Å²) in [6.45, 7) is -0.917. The first-order valence-corrected chi connectivity index (χ1v) is 37.0. The molecule has 13 N–H and O–H groups in total. The van der Waals surface area contributed by atoms with Crippen LogP contribution >= 0.6 is 22.7 Å². The fourth-order valence-corrected chi connectivity index (χ4v) is 14.4. The van der Waals surface area contributed by atoms with Crippen molar-refractivity contribution < 1.29 is 182 Å². The maximum Gasteiger partial charge on any atom is 1.00 e. The van der Waals surface area contributed by atoms with Gasteiger partial charge in [-0.2, -0.15) is 13.2 Å². The zero-order chi connectivity index (χ0) is 85.7. The molecule has 49 heteroatoms. The number of hydrogen-bond donors (Lipinski definition) is 9. The number of aryl methyl sites for hydroxylation is 4. The number of allylic oxidation sites excluding steroid dienone is 4. The summed E-state index contributed by atoms with van der Waals surface area (Å²) >= 11 is 2.26. The SMILES string of the molecule is C.Cc1cc(C)n2c1C=C1C=CC(CCC(=O)NCCON=C(C(=O)C[C@H]3Cc4cccc(C(=O)O)c4OB3O)c3csc(N)n3)=[N+]1[B-]2(F)F.Cc1cc(C)n2c1C=C1C=CC(CCC(=O)ON3C(=O)CCC3=O)=[N+]1[B-]2(F)F.Nc1nc(/C(=N/OCC[NH3+])C(=O)C[C@H]2Cc3cccc(C(=O)O)c3OB2O)cs1.O=C(O)C(F)(F)F.O=CO[O-].[Na+]. The van der Waals surface area contributed by atoms with Gasteiger partial charge in [0.15, 0.2) is 51.3 Å². The number of aromatic carboxylic acids is 2. The van der Waals surface area contributed by atoms with Crippen molar-refractivity contribution in [2.75, 3.05) is 37.8 Å². The summed E-state index contributed by atoms with van der Waals surface area (Å²) in [7, 11) is -2.79. The number of benzene rings is 2. The van der Waals surface area contributed by atoms with Gasteiger partial charge in [0.25, 0.3) is 18.3 Å². The number of oxime groups is 2. The molecule has 7 aliphatic heterocycles. The number of aliphatic carboxylic acids is 1. The number of halogens is 7. The molecule has 4 aromatic heterocycles. The molecular formula is C70H76B4F7N13NaO22S2+. The summed E-state index contributed by atoms with van der Waals surface area (Å²) in [6, 6.07) is 12.7. The molecule has 0 radical (unpaired) electrons. The second-order valence-electron chi connectivity index (χ2n) is 26.5. The number of para-hydroxylation sites is 2. The minimum Gasteiger partial charge on any atom is -0.662 e. The molecule has 626 valence electrons. The Morgan fingerprint density at radius 1 is 0.714 bits per heavy atom. The van der Waals surface area contributed by atoms with Crippen LogP contribution in [0.4, 0.5) is 40.7 Å². The van der Waals surface area contributed by atoms with Gasteiger partial charge < -0.3 is 117 Å². The number of alkyl halides is 3. The van der Waals surface area contributed by atoms with Crippen LogP contribution in [-0.4, -0.2) is 201 Å².